The van der Waals surface area contributed by atoms with Crippen molar-refractivity contribution in [3.63, 3.8) is 0 Å². The number of fused-ring (bicyclic) bond motifs is 1. The maximum absolute atomic E-state index is 12.1. The van der Waals surface area contributed by atoms with Crippen molar-refractivity contribution < 1.29 is 23.1 Å². The Kier molecular flexibility index (Phi) is 3.98. The van der Waals surface area contributed by atoms with Crippen molar-refractivity contribution in [1.82, 2.24) is 19.5 Å². The molecule has 114 valence electrons. The molecule has 1 atom stereocenters. The summed E-state index contributed by atoms with van der Waals surface area (Å²) in [5.74, 6) is -0.858. The molecule has 0 aliphatic carbocycles. The molecule has 0 aromatic carbocycles. The first kappa shape index (κ1) is 15.0. The molecule has 2 aromatic heterocycles. The molecule has 0 saturated heterocycles. The molecule has 7 nitrogen and oxygen atoms in total. The largest absolute Gasteiger partial charge is 0.416 e. The van der Waals surface area contributed by atoms with Crippen LogP contribution in [0.4, 0.5) is 13.2 Å². The SMILES string of the molecule is O=C(Cn1nc2ccccn2c1=O)NCC(O)C(F)(F)F. The van der Waals surface area contributed by atoms with Crippen LogP contribution < -0.4 is 11.0 Å². The summed E-state index contributed by atoms with van der Waals surface area (Å²) in [6.45, 7) is -1.52. The third-order valence-corrected chi connectivity index (χ3v) is 2.65. The summed E-state index contributed by atoms with van der Waals surface area (Å²) in [5, 5.41) is 14.5. The molecule has 2 N–H and O–H groups in total. The molecule has 0 aliphatic rings. The second-order valence-corrected chi connectivity index (χ2v) is 4.23. The van der Waals surface area contributed by atoms with Gasteiger partial charge in [0.1, 0.15) is 6.54 Å². The number of pyridine rings is 1. The number of carbonyl (C=O) groups is 1. The van der Waals surface area contributed by atoms with Crippen molar-refractivity contribution in [3.05, 3.63) is 34.9 Å². The number of aliphatic hydroxyl groups excluding tert-OH is 1. The predicted octanol–water partition coefficient (Wildman–Crippen LogP) is -0.465. The second kappa shape index (κ2) is 5.56. The molecule has 0 spiro atoms. The minimum Gasteiger partial charge on any atom is -0.382 e. The summed E-state index contributed by atoms with van der Waals surface area (Å²) in [4.78, 5) is 23.3. The lowest BCUT2D eigenvalue weighted by Gasteiger charge is -2.14. The van der Waals surface area contributed by atoms with Crippen molar-refractivity contribution in [1.29, 1.82) is 0 Å². The minimum absolute atomic E-state index is 0.311. The maximum atomic E-state index is 12.1. The topological polar surface area (TPSA) is 88.6 Å². The Morgan fingerprint density at radius 3 is 2.76 bits per heavy atom. The van der Waals surface area contributed by atoms with E-state index in [0.717, 1.165) is 4.68 Å². The molecule has 21 heavy (non-hydrogen) atoms. The number of aromatic nitrogens is 3. The second-order valence-electron chi connectivity index (χ2n) is 4.23. The zero-order valence-corrected chi connectivity index (χ0v) is 10.5. The third-order valence-electron chi connectivity index (χ3n) is 2.65. The first-order valence-corrected chi connectivity index (χ1v) is 5.84. The van der Waals surface area contributed by atoms with Crippen LogP contribution in [-0.4, -0.2) is 44.0 Å². The highest BCUT2D eigenvalue weighted by Crippen LogP contribution is 2.19. The van der Waals surface area contributed by atoms with Gasteiger partial charge in [-0.2, -0.15) is 13.2 Å². The average molecular weight is 304 g/mol. The quantitative estimate of drug-likeness (QED) is 0.799. The van der Waals surface area contributed by atoms with Crippen LogP contribution in [0.5, 0.6) is 0 Å². The van der Waals surface area contributed by atoms with E-state index in [-0.39, 0.29) is 0 Å². The molecule has 0 radical (unpaired) electrons. The smallest absolute Gasteiger partial charge is 0.382 e. The average Bonchev–Trinajstić information content (AvgIpc) is 2.72. The van der Waals surface area contributed by atoms with Crippen LogP contribution in [0.15, 0.2) is 29.2 Å². The number of carbonyl (C=O) groups excluding carboxylic acids is 1. The number of amides is 1. The lowest BCUT2D eigenvalue weighted by molar-refractivity contribution is -0.201. The van der Waals surface area contributed by atoms with Gasteiger partial charge >= 0.3 is 11.9 Å². The summed E-state index contributed by atoms with van der Waals surface area (Å²) in [6.07, 6.45) is -6.01. The van der Waals surface area contributed by atoms with E-state index in [1.54, 1.807) is 18.2 Å². The molecule has 0 aliphatic heterocycles. The van der Waals surface area contributed by atoms with Gasteiger partial charge in [0.15, 0.2) is 11.8 Å². The number of nitrogens with one attached hydrogen (secondary N) is 1. The highest BCUT2D eigenvalue weighted by atomic mass is 19.4. The van der Waals surface area contributed by atoms with E-state index in [2.05, 4.69) is 5.10 Å². The summed E-state index contributed by atoms with van der Waals surface area (Å²) in [6, 6.07) is 4.79. The fourth-order valence-corrected chi connectivity index (χ4v) is 1.59. The van der Waals surface area contributed by atoms with Crippen LogP contribution in [0, 0.1) is 0 Å². The Bertz CT molecular complexity index is 707. The molecule has 2 rings (SSSR count). The zero-order chi connectivity index (χ0) is 15.6. The van der Waals surface area contributed by atoms with Crippen LogP contribution in [0.3, 0.4) is 0 Å². The zero-order valence-electron chi connectivity index (χ0n) is 10.5. The van der Waals surface area contributed by atoms with Crippen molar-refractivity contribution in [3.8, 4) is 0 Å². The molecule has 0 saturated carbocycles. The standard InChI is InChI=1S/C11H11F3N4O3/c12-11(13,14)7(19)5-15-9(20)6-18-10(21)17-4-2-1-3-8(17)16-18/h1-4,7,19H,5-6H2,(H,15,20). The lowest BCUT2D eigenvalue weighted by atomic mass is 10.3. The van der Waals surface area contributed by atoms with Crippen molar-refractivity contribution in [2.75, 3.05) is 6.54 Å². The van der Waals surface area contributed by atoms with Gasteiger partial charge in [-0.25, -0.2) is 9.48 Å². The van der Waals surface area contributed by atoms with Crippen LogP contribution in [-0.2, 0) is 11.3 Å². The molecule has 2 aromatic rings. The first-order valence-electron chi connectivity index (χ1n) is 5.84. The Labute approximate surface area is 115 Å². The van der Waals surface area contributed by atoms with Crippen LogP contribution in [0.2, 0.25) is 0 Å². The summed E-state index contributed by atoms with van der Waals surface area (Å²) in [7, 11) is 0. The minimum atomic E-state index is -4.81. The molecule has 0 fully saturated rings. The number of hydrogen-bond acceptors (Lipinski definition) is 4. The number of rotatable bonds is 4. The van der Waals surface area contributed by atoms with E-state index in [4.69, 9.17) is 5.11 Å². The summed E-state index contributed by atoms with van der Waals surface area (Å²) >= 11 is 0. The third kappa shape index (κ3) is 3.40. The van der Waals surface area contributed by atoms with Crippen LogP contribution >= 0.6 is 0 Å². The van der Waals surface area contributed by atoms with Crippen molar-refractivity contribution in [2.24, 2.45) is 0 Å². The van der Waals surface area contributed by atoms with Gasteiger partial charge < -0.3 is 10.4 Å². The van der Waals surface area contributed by atoms with Crippen LogP contribution in [0.25, 0.3) is 5.65 Å². The van der Waals surface area contributed by atoms with Gasteiger partial charge in [-0.15, -0.1) is 5.10 Å². The van der Waals surface area contributed by atoms with Gasteiger partial charge in [0, 0.05) is 6.20 Å². The number of aliphatic hydroxyl groups is 1. The van der Waals surface area contributed by atoms with Gasteiger partial charge in [0.2, 0.25) is 5.91 Å². The molecule has 1 unspecified atom stereocenters. The van der Waals surface area contributed by atoms with Gasteiger partial charge in [-0.3, -0.25) is 9.20 Å². The lowest BCUT2D eigenvalue weighted by Crippen LogP contribution is -2.42. The summed E-state index contributed by atoms with van der Waals surface area (Å²) < 4.78 is 38.2. The maximum Gasteiger partial charge on any atom is 0.416 e. The van der Waals surface area contributed by atoms with Crippen LogP contribution in [0.1, 0.15) is 0 Å². The van der Waals surface area contributed by atoms with E-state index in [1.807, 2.05) is 5.32 Å². The van der Waals surface area contributed by atoms with E-state index in [9.17, 15) is 22.8 Å². The van der Waals surface area contributed by atoms with E-state index < -0.39 is 37.0 Å². The molecule has 2 heterocycles. The molecule has 0 bridgehead atoms. The predicted molar refractivity (Wildman–Crippen MR) is 64.5 cm³/mol. The monoisotopic (exact) mass is 304 g/mol. The molecular weight excluding hydrogens is 293 g/mol. The Morgan fingerprint density at radius 2 is 2.14 bits per heavy atom. The first-order chi connectivity index (χ1) is 9.79. The van der Waals surface area contributed by atoms with Gasteiger partial charge in [0.05, 0.1) is 6.54 Å². The molecular formula is C11H11F3N4O3. The van der Waals surface area contributed by atoms with Crippen molar-refractivity contribution >= 4 is 11.6 Å². The fraction of sp³-hybridized carbons (Fsp3) is 0.364. The number of hydrogen-bond donors (Lipinski definition) is 2. The number of nitrogens with zero attached hydrogens (tertiary/aromatic N) is 3. The van der Waals surface area contributed by atoms with Gasteiger partial charge in [-0.05, 0) is 12.1 Å². The normalized spacial score (nSPS) is 13.3. The van der Waals surface area contributed by atoms with Gasteiger partial charge in [-0.1, -0.05) is 6.07 Å². The van der Waals surface area contributed by atoms with Crippen molar-refractivity contribution in [2.45, 2.75) is 18.8 Å². The summed E-state index contributed by atoms with van der Waals surface area (Å²) in [5.41, 5.74) is -0.275. The highest BCUT2D eigenvalue weighted by molar-refractivity contribution is 5.75. The Hall–Kier alpha value is -2.36. The van der Waals surface area contributed by atoms with Gasteiger partial charge in [0.25, 0.3) is 0 Å². The van der Waals surface area contributed by atoms with E-state index in [0.29, 0.717) is 5.65 Å². The Balaban J connectivity index is 2.02. The van der Waals surface area contributed by atoms with E-state index >= 15 is 0 Å². The fourth-order valence-electron chi connectivity index (χ4n) is 1.59. The Morgan fingerprint density at radius 1 is 1.43 bits per heavy atom. The number of alkyl halides is 3. The number of halogens is 3. The molecule has 1 amide bonds. The molecule has 10 heteroatoms. The van der Waals surface area contributed by atoms with E-state index in [1.165, 1.54) is 10.6 Å². The highest BCUT2D eigenvalue weighted by Gasteiger charge is 2.38.